The van der Waals surface area contributed by atoms with Gasteiger partial charge in [0.25, 0.3) is 0 Å². The van der Waals surface area contributed by atoms with E-state index in [0.717, 1.165) is 17.8 Å². The Morgan fingerprint density at radius 3 is 2.95 bits per heavy atom. The van der Waals surface area contributed by atoms with Crippen LogP contribution in [0.2, 0.25) is 5.02 Å². The Kier molecular flexibility index (Phi) is 4.82. The Labute approximate surface area is 117 Å². The zero-order valence-corrected chi connectivity index (χ0v) is 11.8. The van der Waals surface area contributed by atoms with Gasteiger partial charge in [0.1, 0.15) is 11.6 Å². The molecule has 19 heavy (non-hydrogen) atoms. The molecule has 1 N–H and O–H groups in total. The average Bonchev–Trinajstić information content (AvgIpc) is 2.90. The maximum Gasteiger partial charge on any atom is 0.137 e. The highest BCUT2D eigenvalue weighted by Crippen LogP contribution is 2.28. The number of imidazole rings is 1. The van der Waals surface area contributed by atoms with E-state index in [1.807, 2.05) is 25.1 Å². The number of rotatable bonds is 6. The maximum absolute atomic E-state index is 6.21. The molecule has 0 fully saturated rings. The fourth-order valence-corrected chi connectivity index (χ4v) is 2.06. The Morgan fingerprint density at radius 1 is 1.42 bits per heavy atom. The molecule has 4 nitrogen and oxygen atoms in total. The van der Waals surface area contributed by atoms with Crippen LogP contribution in [-0.2, 0) is 17.8 Å². The van der Waals surface area contributed by atoms with Gasteiger partial charge >= 0.3 is 0 Å². The van der Waals surface area contributed by atoms with Crippen molar-refractivity contribution in [2.75, 3.05) is 7.11 Å². The summed E-state index contributed by atoms with van der Waals surface area (Å²) in [4.78, 5) is 7.23. The number of ether oxygens (including phenoxy) is 2. The van der Waals surface area contributed by atoms with Crippen LogP contribution in [0.25, 0.3) is 0 Å². The number of aromatic amines is 1. The van der Waals surface area contributed by atoms with Crippen LogP contribution in [0.15, 0.2) is 30.6 Å². The predicted molar refractivity (Wildman–Crippen MR) is 74.5 cm³/mol. The van der Waals surface area contributed by atoms with Crippen molar-refractivity contribution in [2.24, 2.45) is 0 Å². The van der Waals surface area contributed by atoms with Crippen LogP contribution in [0.3, 0.4) is 0 Å². The smallest absolute Gasteiger partial charge is 0.137 e. The number of hydrogen-bond donors (Lipinski definition) is 1. The van der Waals surface area contributed by atoms with Crippen molar-refractivity contribution in [2.45, 2.75) is 26.1 Å². The number of aromatic nitrogens is 2. The lowest BCUT2D eigenvalue weighted by Gasteiger charge is -2.13. The third-order valence-electron chi connectivity index (χ3n) is 2.82. The fourth-order valence-electron chi connectivity index (χ4n) is 1.80. The molecule has 0 saturated carbocycles. The molecule has 1 aromatic heterocycles. The van der Waals surface area contributed by atoms with E-state index in [2.05, 4.69) is 9.97 Å². The molecule has 1 aromatic carbocycles. The molecular formula is C14H17ClN2O2. The van der Waals surface area contributed by atoms with E-state index in [4.69, 9.17) is 21.1 Å². The summed E-state index contributed by atoms with van der Waals surface area (Å²) in [5.74, 6) is 1.59. The predicted octanol–water partition coefficient (Wildman–Crippen LogP) is 3.22. The molecule has 0 amide bonds. The molecule has 0 aliphatic carbocycles. The van der Waals surface area contributed by atoms with Crippen molar-refractivity contribution in [3.8, 4) is 5.75 Å². The minimum atomic E-state index is 0.0633. The first kappa shape index (κ1) is 13.9. The SMILES string of the molecule is COc1cccc(COC(C)Cc2ncc[nH]2)c1Cl. The normalized spacial score (nSPS) is 12.4. The van der Waals surface area contributed by atoms with E-state index in [0.29, 0.717) is 17.4 Å². The standard InChI is InChI=1S/C14H17ClN2O2/c1-10(8-13-16-6-7-17-13)19-9-11-4-3-5-12(18-2)14(11)15/h3-7,10H,8-9H2,1-2H3,(H,16,17). The Balaban J connectivity index is 1.91. The van der Waals surface area contributed by atoms with Gasteiger partial charge < -0.3 is 14.5 Å². The largest absolute Gasteiger partial charge is 0.495 e. The summed E-state index contributed by atoms with van der Waals surface area (Å²) >= 11 is 6.21. The van der Waals surface area contributed by atoms with Crippen molar-refractivity contribution >= 4 is 11.6 Å². The summed E-state index contributed by atoms with van der Waals surface area (Å²) in [5, 5.41) is 0.607. The second-order valence-corrected chi connectivity index (χ2v) is 4.67. The summed E-state index contributed by atoms with van der Waals surface area (Å²) in [6.07, 6.45) is 4.35. The van der Waals surface area contributed by atoms with Gasteiger partial charge in [-0.15, -0.1) is 0 Å². The molecule has 5 heteroatoms. The first-order chi connectivity index (χ1) is 9.20. The molecule has 1 heterocycles. The van der Waals surface area contributed by atoms with E-state index >= 15 is 0 Å². The Bertz CT molecular complexity index is 514. The monoisotopic (exact) mass is 280 g/mol. The molecule has 0 saturated heterocycles. The van der Waals surface area contributed by atoms with Gasteiger partial charge in [-0.1, -0.05) is 23.7 Å². The third-order valence-corrected chi connectivity index (χ3v) is 3.25. The van der Waals surface area contributed by atoms with Crippen LogP contribution in [0.5, 0.6) is 5.75 Å². The van der Waals surface area contributed by atoms with Crippen molar-refractivity contribution in [1.29, 1.82) is 0 Å². The van der Waals surface area contributed by atoms with E-state index in [-0.39, 0.29) is 6.10 Å². The van der Waals surface area contributed by atoms with Gasteiger partial charge in [0.05, 0.1) is 24.8 Å². The summed E-state index contributed by atoms with van der Waals surface area (Å²) in [7, 11) is 1.60. The van der Waals surface area contributed by atoms with E-state index < -0.39 is 0 Å². The highest BCUT2D eigenvalue weighted by molar-refractivity contribution is 6.32. The van der Waals surface area contributed by atoms with Gasteiger partial charge in [-0.2, -0.15) is 0 Å². The quantitative estimate of drug-likeness (QED) is 0.884. The summed E-state index contributed by atoms with van der Waals surface area (Å²) < 4.78 is 11.0. The number of halogens is 1. The van der Waals surface area contributed by atoms with Crippen LogP contribution >= 0.6 is 11.6 Å². The van der Waals surface area contributed by atoms with Crippen molar-refractivity contribution in [3.63, 3.8) is 0 Å². The van der Waals surface area contributed by atoms with Gasteiger partial charge in [-0.05, 0) is 13.0 Å². The Morgan fingerprint density at radius 2 is 2.26 bits per heavy atom. The first-order valence-corrected chi connectivity index (χ1v) is 6.49. The summed E-state index contributed by atoms with van der Waals surface area (Å²) in [5.41, 5.74) is 0.923. The van der Waals surface area contributed by atoms with E-state index in [1.165, 1.54) is 0 Å². The molecule has 0 aliphatic heterocycles. The Hall–Kier alpha value is -1.52. The van der Waals surface area contributed by atoms with Crippen molar-refractivity contribution in [3.05, 3.63) is 47.0 Å². The molecule has 0 aliphatic rings. The van der Waals surface area contributed by atoms with Crippen molar-refractivity contribution < 1.29 is 9.47 Å². The van der Waals surface area contributed by atoms with E-state index in [9.17, 15) is 0 Å². The molecule has 1 unspecified atom stereocenters. The van der Waals surface area contributed by atoms with Gasteiger partial charge in [0, 0.05) is 24.4 Å². The molecule has 2 rings (SSSR count). The van der Waals surface area contributed by atoms with Crippen LogP contribution < -0.4 is 4.74 Å². The van der Waals surface area contributed by atoms with Gasteiger partial charge in [0.2, 0.25) is 0 Å². The summed E-state index contributed by atoms with van der Waals surface area (Å²) in [6.45, 7) is 2.47. The highest BCUT2D eigenvalue weighted by atomic mass is 35.5. The molecular weight excluding hydrogens is 264 g/mol. The number of methoxy groups -OCH3 is 1. The topological polar surface area (TPSA) is 47.1 Å². The van der Waals surface area contributed by atoms with Crippen LogP contribution in [0.4, 0.5) is 0 Å². The number of nitrogens with zero attached hydrogens (tertiary/aromatic N) is 1. The number of hydrogen-bond acceptors (Lipinski definition) is 3. The number of H-pyrrole nitrogens is 1. The van der Waals surface area contributed by atoms with Gasteiger partial charge in [-0.3, -0.25) is 0 Å². The lowest BCUT2D eigenvalue weighted by Crippen LogP contribution is -2.12. The fraction of sp³-hybridized carbons (Fsp3) is 0.357. The molecule has 0 bridgehead atoms. The average molecular weight is 281 g/mol. The second kappa shape index (κ2) is 6.59. The number of nitrogens with one attached hydrogen (secondary N) is 1. The molecule has 102 valence electrons. The van der Waals surface area contributed by atoms with E-state index in [1.54, 1.807) is 19.5 Å². The molecule has 2 aromatic rings. The van der Waals surface area contributed by atoms with Crippen molar-refractivity contribution in [1.82, 2.24) is 9.97 Å². The maximum atomic E-state index is 6.21. The first-order valence-electron chi connectivity index (χ1n) is 6.12. The lowest BCUT2D eigenvalue weighted by molar-refractivity contribution is 0.0523. The third kappa shape index (κ3) is 3.72. The second-order valence-electron chi connectivity index (χ2n) is 4.29. The van der Waals surface area contributed by atoms with Gasteiger partial charge in [-0.25, -0.2) is 4.98 Å². The van der Waals surface area contributed by atoms with Crippen LogP contribution in [-0.4, -0.2) is 23.2 Å². The molecule has 0 spiro atoms. The zero-order chi connectivity index (χ0) is 13.7. The van der Waals surface area contributed by atoms with Crippen LogP contribution in [0.1, 0.15) is 18.3 Å². The zero-order valence-electron chi connectivity index (χ0n) is 11.0. The highest BCUT2D eigenvalue weighted by Gasteiger charge is 2.10. The summed E-state index contributed by atoms with van der Waals surface area (Å²) in [6, 6.07) is 5.67. The number of benzene rings is 1. The minimum Gasteiger partial charge on any atom is -0.495 e. The molecule has 1 atom stereocenters. The lowest BCUT2D eigenvalue weighted by atomic mass is 10.2. The van der Waals surface area contributed by atoms with Gasteiger partial charge in [0.15, 0.2) is 0 Å². The van der Waals surface area contributed by atoms with Crippen LogP contribution in [0, 0.1) is 0 Å². The minimum absolute atomic E-state index is 0.0633. The molecule has 0 radical (unpaired) electrons.